The van der Waals surface area contributed by atoms with Crippen molar-refractivity contribution in [2.24, 2.45) is 0 Å². The molecule has 1 aromatic heterocycles. The molecular weight excluding hydrogens is 556 g/mol. The van der Waals surface area contributed by atoms with Crippen LogP contribution in [0.3, 0.4) is 0 Å². The van der Waals surface area contributed by atoms with E-state index in [1.54, 1.807) is 30.3 Å². The van der Waals surface area contributed by atoms with Gasteiger partial charge in [-0.25, -0.2) is 4.39 Å². The number of nitrogens with one attached hydrogen (secondary N) is 2. The lowest BCUT2D eigenvalue weighted by Gasteiger charge is -2.32. The van der Waals surface area contributed by atoms with Gasteiger partial charge in [-0.3, -0.25) is 4.79 Å². The number of carbonyl (C=O) groups is 1. The fourth-order valence-electron chi connectivity index (χ4n) is 4.44. The number of ether oxygens (including phenoxy) is 3. The summed E-state index contributed by atoms with van der Waals surface area (Å²) in [7, 11) is 2.82. The monoisotopic (exact) mass is 580 g/mol. The summed E-state index contributed by atoms with van der Waals surface area (Å²) < 4.78 is 71.2. The largest absolute Gasteiger partial charge is 0.497 e. The first-order valence-corrected chi connectivity index (χ1v) is 12.3. The molecule has 0 radical (unpaired) electrons. The van der Waals surface area contributed by atoms with E-state index in [1.165, 1.54) is 33.4 Å². The molecule has 1 atom stereocenters. The van der Waals surface area contributed by atoms with E-state index < -0.39 is 28.9 Å². The molecule has 0 fully saturated rings. The lowest BCUT2D eigenvalue weighted by Crippen LogP contribution is -2.41. The van der Waals surface area contributed by atoms with Crippen molar-refractivity contribution in [3.05, 3.63) is 82.3 Å². The quantitative estimate of drug-likeness (QED) is 0.145. The minimum Gasteiger partial charge on any atom is -0.497 e. The van der Waals surface area contributed by atoms with E-state index in [1.807, 2.05) is 0 Å². The third kappa shape index (κ3) is 5.66. The Hall–Kier alpha value is -3.96. The van der Waals surface area contributed by atoms with Gasteiger partial charge in [0.05, 0.1) is 26.4 Å². The number of ketones is 1. The first-order chi connectivity index (χ1) is 18.9. The second kappa shape index (κ2) is 11.3. The molecule has 0 bridgehead atoms. The van der Waals surface area contributed by atoms with E-state index in [4.69, 9.17) is 30.9 Å². The Balaban J connectivity index is 1.91. The van der Waals surface area contributed by atoms with E-state index >= 15 is 0 Å². The molecule has 12 heteroatoms. The summed E-state index contributed by atoms with van der Waals surface area (Å²) in [5.41, 5.74) is -2.60. The van der Waals surface area contributed by atoms with Crippen LogP contribution in [-0.4, -0.2) is 43.3 Å². The highest BCUT2D eigenvalue weighted by atomic mass is 35.5. The molecule has 0 amide bonds. The van der Waals surface area contributed by atoms with Crippen LogP contribution in [0.25, 0.3) is 10.9 Å². The zero-order valence-corrected chi connectivity index (χ0v) is 22.3. The zero-order chi connectivity index (χ0) is 29.2. The number of aliphatic hydroxyl groups excluding tert-OH is 1. The third-order valence-electron chi connectivity index (χ3n) is 6.35. The number of H-pyrrole nitrogens is 1. The molecule has 212 valence electrons. The maximum Gasteiger partial charge on any atom is 0.419 e. The van der Waals surface area contributed by atoms with Gasteiger partial charge >= 0.3 is 6.18 Å². The van der Waals surface area contributed by atoms with Crippen molar-refractivity contribution >= 4 is 34.0 Å². The number of fused-ring (bicyclic) bond motifs is 1. The molecule has 4 rings (SSSR count). The van der Waals surface area contributed by atoms with Crippen molar-refractivity contribution in [3.63, 3.8) is 0 Å². The fraction of sp³-hybridized carbons (Fsp3) is 0.250. The maximum absolute atomic E-state index is 14.3. The highest BCUT2D eigenvalue weighted by Crippen LogP contribution is 2.41. The molecule has 4 aromatic rings. The molecule has 1 heterocycles. The van der Waals surface area contributed by atoms with Crippen molar-refractivity contribution in [2.45, 2.75) is 18.6 Å². The standard InChI is InChI=1S/C28H25ClF4N2O5/c1-27(21-5-4-15(29)8-25(21)39-3,35-16-9-17(38-2)11-18(10-16)40-7-6-36)26(37)20-14-34-24-13-23(30)22(12-19(20)24)28(31,32)33/h4-5,8-14,34-36H,6-7H2,1-3H3/t27-/m1/s1. The second-order valence-corrected chi connectivity index (χ2v) is 9.41. The van der Waals surface area contributed by atoms with Gasteiger partial charge < -0.3 is 29.6 Å². The van der Waals surface area contributed by atoms with Crippen molar-refractivity contribution in [2.75, 3.05) is 32.8 Å². The SMILES string of the molecule is COc1cc(N[C@@](C)(C(=O)c2c[nH]c3cc(F)c(C(F)(F)F)cc23)c2ccc(Cl)cc2OC)cc(OCCO)c1. The lowest BCUT2D eigenvalue weighted by atomic mass is 9.83. The van der Waals surface area contributed by atoms with Crippen molar-refractivity contribution < 1.29 is 41.7 Å². The van der Waals surface area contributed by atoms with Crippen molar-refractivity contribution in [1.82, 2.24) is 4.98 Å². The number of aliphatic hydroxyl groups is 1. The predicted octanol–water partition coefficient (Wildman–Crippen LogP) is 6.58. The van der Waals surface area contributed by atoms with Crippen LogP contribution in [-0.2, 0) is 11.7 Å². The molecule has 0 aliphatic rings. The lowest BCUT2D eigenvalue weighted by molar-refractivity contribution is -0.139. The van der Waals surface area contributed by atoms with Gasteiger partial charge in [0.2, 0.25) is 0 Å². The summed E-state index contributed by atoms with van der Waals surface area (Å²) in [6.45, 7) is 1.29. The number of hydrogen-bond donors (Lipinski definition) is 3. The number of hydrogen-bond acceptors (Lipinski definition) is 6. The summed E-state index contributed by atoms with van der Waals surface area (Å²) in [5, 5.41) is 12.5. The smallest absolute Gasteiger partial charge is 0.419 e. The van der Waals surface area contributed by atoms with Gasteiger partial charge in [0.1, 0.15) is 35.2 Å². The summed E-state index contributed by atoms with van der Waals surface area (Å²) in [6, 6.07) is 10.7. The summed E-state index contributed by atoms with van der Waals surface area (Å²) in [6.07, 6.45) is -3.74. The number of anilines is 1. The zero-order valence-electron chi connectivity index (χ0n) is 21.6. The van der Waals surface area contributed by atoms with E-state index in [0.29, 0.717) is 39.9 Å². The minimum atomic E-state index is -4.97. The number of methoxy groups -OCH3 is 2. The number of halogens is 5. The van der Waals surface area contributed by atoms with Gasteiger partial charge in [-0.2, -0.15) is 13.2 Å². The van der Waals surface area contributed by atoms with E-state index in [0.717, 1.165) is 0 Å². The number of aromatic nitrogens is 1. The first kappa shape index (κ1) is 29.0. The molecule has 0 saturated heterocycles. The Kier molecular flexibility index (Phi) is 8.18. The van der Waals surface area contributed by atoms with Crippen LogP contribution in [0.1, 0.15) is 28.4 Å². The van der Waals surface area contributed by atoms with E-state index in [2.05, 4.69) is 10.3 Å². The van der Waals surface area contributed by atoms with Gasteiger partial charge in [0, 0.05) is 57.1 Å². The normalized spacial score (nSPS) is 13.1. The highest BCUT2D eigenvalue weighted by Gasteiger charge is 2.41. The number of aromatic amines is 1. The Labute approximate surface area is 231 Å². The molecule has 0 saturated carbocycles. The van der Waals surface area contributed by atoms with Gasteiger partial charge in [-0.1, -0.05) is 17.7 Å². The van der Waals surface area contributed by atoms with Crippen LogP contribution in [0.4, 0.5) is 23.2 Å². The average molecular weight is 581 g/mol. The second-order valence-electron chi connectivity index (χ2n) is 8.97. The van der Waals surface area contributed by atoms with Gasteiger partial charge in [-0.05, 0) is 31.2 Å². The van der Waals surface area contributed by atoms with Crippen LogP contribution in [0.5, 0.6) is 17.2 Å². The van der Waals surface area contributed by atoms with Crippen LogP contribution in [0.2, 0.25) is 5.02 Å². The van der Waals surface area contributed by atoms with Crippen molar-refractivity contribution in [3.8, 4) is 17.2 Å². The van der Waals surface area contributed by atoms with E-state index in [-0.39, 0.29) is 35.4 Å². The van der Waals surface area contributed by atoms with Crippen LogP contribution < -0.4 is 19.5 Å². The fourth-order valence-corrected chi connectivity index (χ4v) is 4.60. The summed E-state index contributed by atoms with van der Waals surface area (Å²) >= 11 is 6.16. The molecule has 0 aliphatic carbocycles. The number of alkyl halides is 3. The average Bonchev–Trinajstić information content (AvgIpc) is 3.32. The Bertz CT molecular complexity index is 1560. The number of carbonyl (C=O) groups excluding carboxylic acids is 1. The highest BCUT2D eigenvalue weighted by molar-refractivity contribution is 6.30. The Morgan fingerprint density at radius 1 is 1.02 bits per heavy atom. The molecule has 3 N–H and O–H groups in total. The third-order valence-corrected chi connectivity index (χ3v) is 6.58. The van der Waals surface area contributed by atoms with Crippen LogP contribution in [0, 0.1) is 5.82 Å². The Morgan fingerprint density at radius 3 is 2.40 bits per heavy atom. The van der Waals surface area contributed by atoms with Crippen LogP contribution in [0.15, 0.2) is 54.7 Å². The number of Topliss-reactive ketones (excluding diaryl/α,β-unsaturated/α-hetero) is 1. The molecular formula is C28H25ClF4N2O5. The molecule has 7 nitrogen and oxygen atoms in total. The van der Waals surface area contributed by atoms with Gasteiger partial charge in [0.15, 0.2) is 5.78 Å². The van der Waals surface area contributed by atoms with Gasteiger partial charge in [-0.15, -0.1) is 0 Å². The van der Waals surface area contributed by atoms with Gasteiger partial charge in [0.25, 0.3) is 0 Å². The molecule has 0 spiro atoms. The van der Waals surface area contributed by atoms with E-state index in [9.17, 15) is 22.4 Å². The maximum atomic E-state index is 14.3. The van der Waals surface area contributed by atoms with Crippen LogP contribution >= 0.6 is 11.6 Å². The topological polar surface area (TPSA) is 92.8 Å². The molecule has 40 heavy (non-hydrogen) atoms. The number of benzene rings is 3. The predicted molar refractivity (Wildman–Crippen MR) is 142 cm³/mol. The minimum absolute atomic E-state index is 0.00124. The Morgan fingerprint density at radius 2 is 1.75 bits per heavy atom. The molecule has 0 aliphatic heterocycles. The molecule has 3 aromatic carbocycles. The first-order valence-electron chi connectivity index (χ1n) is 11.9. The van der Waals surface area contributed by atoms with Crippen molar-refractivity contribution in [1.29, 1.82) is 0 Å². The molecule has 0 unspecified atom stereocenters. The number of rotatable bonds is 10. The summed E-state index contributed by atoms with van der Waals surface area (Å²) in [5.74, 6) is -1.19. The summed E-state index contributed by atoms with van der Waals surface area (Å²) in [4.78, 5) is 17.0.